The first-order chi connectivity index (χ1) is 9.50. The largest absolute Gasteiger partial charge is 0.492 e. The summed E-state index contributed by atoms with van der Waals surface area (Å²) in [5.74, 6) is -0.285. The Kier molecular flexibility index (Phi) is 5.54. The van der Waals surface area contributed by atoms with E-state index in [-0.39, 0.29) is 24.5 Å². The lowest BCUT2D eigenvalue weighted by Gasteiger charge is -2.09. The van der Waals surface area contributed by atoms with Gasteiger partial charge in [0.1, 0.15) is 20.5 Å². The van der Waals surface area contributed by atoms with Crippen molar-refractivity contribution in [2.75, 3.05) is 18.6 Å². The van der Waals surface area contributed by atoms with Gasteiger partial charge in [0.2, 0.25) is 0 Å². The van der Waals surface area contributed by atoms with E-state index in [1.165, 1.54) is 0 Å². The van der Waals surface area contributed by atoms with E-state index >= 15 is 0 Å². The molecule has 0 saturated carbocycles. The van der Waals surface area contributed by atoms with Gasteiger partial charge in [-0.05, 0) is 12.5 Å². The molecule has 1 rings (SSSR count). The maximum Gasteiger partial charge on any atom is 0.271 e. The number of benzene rings is 1. The van der Waals surface area contributed by atoms with Crippen LogP contribution in [0.5, 0.6) is 5.75 Å². The van der Waals surface area contributed by atoms with Gasteiger partial charge in [-0.1, -0.05) is 0 Å². The topological polar surface area (TPSA) is 121 Å². The van der Waals surface area contributed by atoms with Crippen molar-refractivity contribution >= 4 is 35.3 Å². The van der Waals surface area contributed by atoms with Crippen LogP contribution in [0.25, 0.3) is 0 Å². The van der Waals surface area contributed by atoms with Gasteiger partial charge in [-0.25, -0.2) is 16.8 Å². The van der Waals surface area contributed by atoms with Gasteiger partial charge in [0.15, 0.2) is 0 Å². The van der Waals surface area contributed by atoms with Gasteiger partial charge in [0, 0.05) is 29.1 Å². The van der Waals surface area contributed by atoms with E-state index in [9.17, 15) is 26.9 Å². The Morgan fingerprint density at radius 3 is 2.38 bits per heavy atom. The highest BCUT2D eigenvalue weighted by Gasteiger charge is 2.21. The van der Waals surface area contributed by atoms with E-state index in [0.29, 0.717) is 0 Å². The Morgan fingerprint density at radius 1 is 1.29 bits per heavy atom. The molecule has 11 heteroatoms. The summed E-state index contributed by atoms with van der Waals surface area (Å²) in [7, 11) is -2.18. The van der Waals surface area contributed by atoms with E-state index in [2.05, 4.69) is 0 Å². The molecule has 1 aromatic rings. The average molecular weight is 358 g/mol. The number of non-ortho nitro benzene ring substituents is 1. The van der Waals surface area contributed by atoms with Crippen LogP contribution in [0.3, 0.4) is 0 Å². The number of ether oxygens (including phenoxy) is 1. The number of hydrogen-bond donors (Lipinski definition) is 0. The van der Waals surface area contributed by atoms with Gasteiger partial charge in [0.25, 0.3) is 14.7 Å². The lowest BCUT2D eigenvalue weighted by molar-refractivity contribution is -0.385. The lowest BCUT2D eigenvalue weighted by Crippen LogP contribution is -2.09. The van der Waals surface area contributed by atoms with Crippen LogP contribution >= 0.6 is 10.7 Å². The third kappa shape index (κ3) is 5.86. The molecule has 0 saturated heterocycles. The fourth-order valence-electron chi connectivity index (χ4n) is 1.42. The van der Waals surface area contributed by atoms with Gasteiger partial charge >= 0.3 is 0 Å². The van der Waals surface area contributed by atoms with Crippen molar-refractivity contribution in [1.29, 1.82) is 0 Å². The molecule has 0 amide bonds. The van der Waals surface area contributed by atoms with Crippen LogP contribution in [0.1, 0.15) is 6.42 Å². The van der Waals surface area contributed by atoms with E-state index in [4.69, 9.17) is 15.4 Å². The number of nitro groups is 1. The molecule has 21 heavy (non-hydrogen) atoms. The van der Waals surface area contributed by atoms with Crippen molar-refractivity contribution < 1.29 is 26.5 Å². The van der Waals surface area contributed by atoms with Crippen LogP contribution in [-0.2, 0) is 18.9 Å². The summed E-state index contributed by atoms with van der Waals surface area (Å²) in [5.41, 5.74) is -0.447. The molecule has 0 bridgehead atoms. The Balaban J connectivity index is 2.94. The fraction of sp³-hybridized carbons (Fsp3) is 0.400. The number of halogens is 1. The SMILES string of the molecule is CS(=O)(=O)CCCOc1ccc([N+](=O)[O-])cc1S(=O)(=O)Cl. The molecule has 0 aliphatic carbocycles. The summed E-state index contributed by atoms with van der Waals surface area (Å²) in [6.07, 6.45) is 1.21. The normalized spacial score (nSPS) is 12.1. The first-order valence-electron chi connectivity index (χ1n) is 5.54. The summed E-state index contributed by atoms with van der Waals surface area (Å²) in [6.45, 7) is -0.0652. The Labute approximate surface area is 126 Å². The highest BCUT2D eigenvalue weighted by atomic mass is 35.7. The first-order valence-corrected chi connectivity index (χ1v) is 9.91. The maximum atomic E-state index is 11.4. The second kappa shape index (κ2) is 6.58. The molecule has 0 heterocycles. The van der Waals surface area contributed by atoms with E-state index in [1.807, 2.05) is 0 Å². The van der Waals surface area contributed by atoms with Gasteiger partial charge in [-0.15, -0.1) is 0 Å². The highest BCUT2D eigenvalue weighted by molar-refractivity contribution is 8.13. The second-order valence-corrected chi connectivity index (χ2v) is 8.95. The van der Waals surface area contributed by atoms with Crippen LogP contribution in [0, 0.1) is 10.1 Å². The van der Waals surface area contributed by atoms with E-state index in [1.54, 1.807) is 0 Å². The molecule has 0 aliphatic heterocycles. The van der Waals surface area contributed by atoms with Crippen LogP contribution in [0.2, 0.25) is 0 Å². The highest BCUT2D eigenvalue weighted by Crippen LogP contribution is 2.30. The summed E-state index contributed by atoms with van der Waals surface area (Å²) < 4.78 is 49.8. The molecule has 0 fully saturated rings. The minimum atomic E-state index is -4.23. The minimum Gasteiger partial charge on any atom is -0.492 e. The van der Waals surface area contributed by atoms with E-state index < -0.39 is 34.4 Å². The van der Waals surface area contributed by atoms with Crippen molar-refractivity contribution in [2.45, 2.75) is 11.3 Å². The molecule has 0 aliphatic rings. The molecule has 1 aromatic carbocycles. The van der Waals surface area contributed by atoms with Gasteiger partial charge in [-0.2, -0.15) is 0 Å². The molecule has 0 unspecified atom stereocenters. The molecular weight excluding hydrogens is 346 g/mol. The zero-order chi connectivity index (χ0) is 16.3. The molecule has 0 aromatic heterocycles. The van der Waals surface area contributed by atoms with Crippen LogP contribution in [-0.4, -0.2) is 40.4 Å². The molecule has 8 nitrogen and oxygen atoms in total. The van der Waals surface area contributed by atoms with E-state index in [0.717, 1.165) is 24.5 Å². The summed E-state index contributed by atoms with van der Waals surface area (Å²) in [4.78, 5) is 9.33. The third-order valence-electron chi connectivity index (χ3n) is 2.32. The van der Waals surface area contributed by atoms with Crippen LogP contribution in [0.15, 0.2) is 23.1 Å². The molecule has 0 atom stereocenters. The minimum absolute atomic E-state index is 0.0652. The number of hydrogen-bond acceptors (Lipinski definition) is 7. The molecular formula is C10H12ClNO7S2. The zero-order valence-corrected chi connectivity index (χ0v) is 13.2. The van der Waals surface area contributed by atoms with Crippen molar-refractivity contribution in [3.05, 3.63) is 28.3 Å². The van der Waals surface area contributed by atoms with Gasteiger partial charge in [-0.3, -0.25) is 10.1 Å². The number of nitro benzene ring substituents is 1. The summed E-state index contributed by atoms with van der Waals surface area (Å²) >= 11 is 0. The second-order valence-electron chi connectivity index (χ2n) is 4.16. The molecule has 0 spiro atoms. The standard InChI is InChI=1S/C10H12ClNO7S2/c1-20(15,16)6-2-5-19-9-4-3-8(12(13)14)7-10(9)21(11,17)18/h3-4,7H,2,5-6H2,1H3. The summed E-state index contributed by atoms with van der Waals surface area (Å²) in [6, 6.07) is 2.96. The number of sulfone groups is 1. The van der Waals surface area contributed by atoms with Crippen molar-refractivity contribution in [2.24, 2.45) is 0 Å². The predicted molar refractivity (Wildman–Crippen MR) is 76.0 cm³/mol. The number of rotatable bonds is 7. The molecule has 118 valence electrons. The Bertz CT molecular complexity index is 743. The monoisotopic (exact) mass is 357 g/mol. The molecule has 0 radical (unpaired) electrons. The van der Waals surface area contributed by atoms with Crippen LogP contribution < -0.4 is 4.74 Å². The molecule has 0 N–H and O–H groups in total. The van der Waals surface area contributed by atoms with Crippen molar-refractivity contribution in [3.63, 3.8) is 0 Å². The van der Waals surface area contributed by atoms with Crippen LogP contribution in [0.4, 0.5) is 5.69 Å². The first kappa shape index (κ1) is 17.7. The van der Waals surface area contributed by atoms with Crippen molar-refractivity contribution in [1.82, 2.24) is 0 Å². The fourth-order valence-corrected chi connectivity index (χ4v) is 3.06. The summed E-state index contributed by atoms with van der Waals surface area (Å²) in [5, 5.41) is 10.6. The van der Waals surface area contributed by atoms with Gasteiger partial charge in [0.05, 0.1) is 17.3 Å². The lowest BCUT2D eigenvalue weighted by atomic mass is 10.3. The third-order valence-corrected chi connectivity index (χ3v) is 4.69. The predicted octanol–water partition coefficient (Wildman–Crippen LogP) is 1.34. The van der Waals surface area contributed by atoms with Crippen molar-refractivity contribution in [3.8, 4) is 5.75 Å². The average Bonchev–Trinajstić information content (AvgIpc) is 2.32. The smallest absolute Gasteiger partial charge is 0.271 e. The Morgan fingerprint density at radius 2 is 1.90 bits per heavy atom. The zero-order valence-electron chi connectivity index (χ0n) is 10.9. The maximum absolute atomic E-state index is 11.4. The number of nitrogens with zero attached hydrogens (tertiary/aromatic N) is 1. The quantitative estimate of drug-likeness (QED) is 0.312. The Hall–Kier alpha value is -1.39. The van der Waals surface area contributed by atoms with Gasteiger partial charge < -0.3 is 4.74 Å².